The number of ether oxygens (including phenoxy) is 1. The molecular formula is C12H19OSi. The van der Waals surface area contributed by atoms with Crippen molar-refractivity contribution in [1.29, 1.82) is 0 Å². The SMILES string of the molecule is COc1c(C)ccc(C)c1C[Si](C)C. The Balaban J connectivity index is 3.16. The number of methoxy groups -OCH3 is 1. The monoisotopic (exact) mass is 207 g/mol. The molecule has 0 heterocycles. The van der Waals surface area contributed by atoms with Crippen LogP contribution in [0.15, 0.2) is 12.1 Å². The molecule has 14 heavy (non-hydrogen) atoms. The van der Waals surface area contributed by atoms with Crippen molar-refractivity contribution in [3.05, 3.63) is 28.8 Å². The summed E-state index contributed by atoms with van der Waals surface area (Å²) in [6.45, 7) is 8.96. The van der Waals surface area contributed by atoms with Crippen molar-refractivity contribution < 1.29 is 4.74 Å². The summed E-state index contributed by atoms with van der Waals surface area (Å²) < 4.78 is 5.47. The van der Waals surface area contributed by atoms with Crippen molar-refractivity contribution in [1.82, 2.24) is 0 Å². The van der Waals surface area contributed by atoms with Crippen molar-refractivity contribution >= 4 is 8.80 Å². The molecule has 0 aliphatic heterocycles. The van der Waals surface area contributed by atoms with E-state index in [2.05, 4.69) is 39.1 Å². The van der Waals surface area contributed by atoms with Crippen LogP contribution in [-0.4, -0.2) is 15.9 Å². The second-order valence-corrected chi connectivity index (χ2v) is 6.86. The van der Waals surface area contributed by atoms with E-state index in [1.54, 1.807) is 7.11 Å². The van der Waals surface area contributed by atoms with Crippen LogP contribution in [-0.2, 0) is 6.04 Å². The molecule has 0 atom stereocenters. The first-order chi connectivity index (χ1) is 6.56. The van der Waals surface area contributed by atoms with Crippen LogP contribution in [0.1, 0.15) is 16.7 Å². The minimum atomic E-state index is -0.238. The zero-order chi connectivity index (χ0) is 10.7. The van der Waals surface area contributed by atoms with E-state index in [0.29, 0.717) is 0 Å². The summed E-state index contributed by atoms with van der Waals surface area (Å²) in [5, 5.41) is 0. The van der Waals surface area contributed by atoms with E-state index in [-0.39, 0.29) is 8.80 Å². The summed E-state index contributed by atoms with van der Waals surface area (Å²) in [5.41, 5.74) is 4.02. The number of hydrogen-bond acceptors (Lipinski definition) is 1. The highest BCUT2D eigenvalue weighted by Gasteiger charge is 2.11. The van der Waals surface area contributed by atoms with E-state index >= 15 is 0 Å². The van der Waals surface area contributed by atoms with Crippen LogP contribution in [0.3, 0.4) is 0 Å². The fraction of sp³-hybridized carbons (Fsp3) is 0.500. The molecule has 0 spiro atoms. The Morgan fingerprint density at radius 3 is 2.21 bits per heavy atom. The molecule has 1 aromatic carbocycles. The molecule has 1 aromatic rings. The smallest absolute Gasteiger partial charge is 0.124 e. The maximum Gasteiger partial charge on any atom is 0.124 e. The molecule has 2 heteroatoms. The Kier molecular flexibility index (Phi) is 3.75. The minimum Gasteiger partial charge on any atom is -0.496 e. The predicted octanol–water partition coefficient (Wildman–Crippen LogP) is 3.15. The summed E-state index contributed by atoms with van der Waals surface area (Å²) in [5.74, 6) is 1.09. The van der Waals surface area contributed by atoms with Gasteiger partial charge in [0, 0.05) is 8.80 Å². The topological polar surface area (TPSA) is 9.23 Å². The highest BCUT2D eigenvalue weighted by molar-refractivity contribution is 6.55. The fourth-order valence-electron chi connectivity index (χ4n) is 1.70. The number of aryl methyl sites for hydroxylation is 2. The number of benzene rings is 1. The van der Waals surface area contributed by atoms with Crippen molar-refractivity contribution in [2.75, 3.05) is 7.11 Å². The van der Waals surface area contributed by atoms with E-state index in [1.807, 2.05) is 0 Å². The van der Waals surface area contributed by atoms with Gasteiger partial charge in [0.1, 0.15) is 5.75 Å². The molecule has 0 aliphatic rings. The van der Waals surface area contributed by atoms with Gasteiger partial charge in [0.05, 0.1) is 7.11 Å². The Bertz CT molecular complexity index is 318. The second-order valence-electron chi connectivity index (χ2n) is 4.10. The summed E-state index contributed by atoms with van der Waals surface area (Å²) >= 11 is 0. The number of rotatable bonds is 3. The molecule has 0 aromatic heterocycles. The molecule has 0 bridgehead atoms. The van der Waals surface area contributed by atoms with Crippen molar-refractivity contribution in [3.63, 3.8) is 0 Å². The standard InChI is InChI=1S/C12H19OSi/c1-9-6-7-10(2)12(13-3)11(9)8-14(4)5/h6-7H,8H2,1-5H3. The number of hydrogen-bond donors (Lipinski definition) is 0. The van der Waals surface area contributed by atoms with Crippen LogP contribution in [0, 0.1) is 13.8 Å². The van der Waals surface area contributed by atoms with Gasteiger partial charge in [-0.15, -0.1) is 0 Å². The zero-order valence-corrected chi connectivity index (χ0v) is 10.8. The lowest BCUT2D eigenvalue weighted by atomic mass is 10.1. The van der Waals surface area contributed by atoms with Gasteiger partial charge < -0.3 is 4.74 Å². The fourth-order valence-corrected chi connectivity index (χ4v) is 2.85. The summed E-state index contributed by atoms with van der Waals surface area (Å²) in [7, 11) is 1.53. The van der Waals surface area contributed by atoms with E-state index < -0.39 is 0 Å². The van der Waals surface area contributed by atoms with Gasteiger partial charge in [-0.3, -0.25) is 0 Å². The molecule has 0 aliphatic carbocycles. The predicted molar refractivity (Wildman–Crippen MR) is 63.7 cm³/mol. The molecule has 77 valence electrons. The lowest BCUT2D eigenvalue weighted by Gasteiger charge is -2.15. The maximum absolute atomic E-state index is 5.47. The Hall–Kier alpha value is -0.763. The second kappa shape index (κ2) is 4.65. The van der Waals surface area contributed by atoms with Gasteiger partial charge >= 0.3 is 0 Å². The first-order valence-corrected chi connectivity index (χ1v) is 7.69. The molecule has 0 saturated carbocycles. The van der Waals surface area contributed by atoms with Gasteiger partial charge in [-0.05, 0) is 36.6 Å². The quantitative estimate of drug-likeness (QED) is 0.692. The highest BCUT2D eigenvalue weighted by atomic mass is 28.3. The maximum atomic E-state index is 5.47. The van der Waals surface area contributed by atoms with Crippen LogP contribution in [0.4, 0.5) is 0 Å². The third kappa shape index (κ3) is 2.38. The average molecular weight is 207 g/mol. The van der Waals surface area contributed by atoms with Gasteiger partial charge in [-0.2, -0.15) is 0 Å². The molecule has 1 radical (unpaired) electrons. The van der Waals surface area contributed by atoms with Crippen molar-refractivity contribution in [2.24, 2.45) is 0 Å². The zero-order valence-electron chi connectivity index (χ0n) is 9.77. The van der Waals surface area contributed by atoms with E-state index in [9.17, 15) is 0 Å². The summed E-state index contributed by atoms with van der Waals surface area (Å²) in [6.07, 6.45) is 0. The molecule has 0 fully saturated rings. The highest BCUT2D eigenvalue weighted by Crippen LogP contribution is 2.27. The lowest BCUT2D eigenvalue weighted by Crippen LogP contribution is -2.09. The van der Waals surface area contributed by atoms with E-state index in [1.165, 1.54) is 22.7 Å². The third-order valence-corrected chi connectivity index (χ3v) is 3.49. The minimum absolute atomic E-state index is 0.238. The van der Waals surface area contributed by atoms with Crippen molar-refractivity contribution in [2.45, 2.75) is 33.0 Å². The molecule has 0 N–H and O–H groups in total. The normalized spacial score (nSPS) is 10.7. The first kappa shape index (κ1) is 11.3. The van der Waals surface area contributed by atoms with Gasteiger partial charge in [0.15, 0.2) is 0 Å². The van der Waals surface area contributed by atoms with Gasteiger partial charge in [0.25, 0.3) is 0 Å². The van der Waals surface area contributed by atoms with Crippen LogP contribution >= 0.6 is 0 Å². The van der Waals surface area contributed by atoms with E-state index in [0.717, 1.165) is 5.75 Å². The lowest BCUT2D eigenvalue weighted by molar-refractivity contribution is 0.407. The molecule has 0 saturated heterocycles. The van der Waals surface area contributed by atoms with Gasteiger partial charge in [-0.1, -0.05) is 25.2 Å². The van der Waals surface area contributed by atoms with Crippen LogP contribution in [0.2, 0.25) is 13.1 Å². The molecule has 0 amide bonds. The van der Waals surface area contributed by atoms with Crippen molar-refractivity contribution in [3.8, 4) is 5.75 Å². The average Bonchev–Trinajstić information content (AvgIpc) is 2.11. The summed E-state index contributed by atoms with van der Waals surface area (Å²) in [4.78, 5) is 0. The van der Waals surface area contributed by atoms with Crippen LogP contribution in [0.5, 0.6) is 5.75 Å². The Morgan fingerprint density at radius 1 is 1.14 bits per heavy atom. The van der Waals surface area contributed by atoms with Gasteiger partial charge in [-0.25, -0.2) is 0 Å². The molecule has 1 rings (SSSR count). The third-order valence-electron chi connectivity index (χ3n) is 2.43. The Morgan fingerprint density at radius 2 is 1.71 bits per heavy atom. The molecule has 1 nitrogen and oxygen atoms in total. The van der Waals surface area contributed by atoms with Crippen LogP contribution in [0.25, 0.3) is 0 Å². The molecular weight excluding hydrogens is 188 g/mol. The van der Waals surface area contributed by atoms with Crippen LogP contribution < -0.4 is 4.74 Å². The largest absolute Gasteiger partial charge is 0.496 e. The molecule has 0 unspecified atom stereocenters. The summed E-state index contributed by atoms with van der Waals surface area (Å²) in [6, 6.07) is 5.52. The van der Waals surface area contributed by atoms with E-state index in [4.69, 9.17) is 4.74 Å². The first-order valence-electron chi connectivity index (χ1n) is 4.98. The Labute approximate surface area is 88.7 Å². The van der Waals surface area contributed by atoms with Gasteiger partial charge in [0.2, 0.25) is 0 Å².